The second-order valence-corrected chi connectivity index (χ2v) is 8.67. The Balaban J connectivity index is 1.73. The zero-order valence-corrected chi connectivity index (χ0v) is 13.6. The third kappa shape index (κ3) is 1.38. The minimum atomic E-state index is -0.0819. The van der Waals surface area contributed by atoms with Crippen molar-refractivity contribution in [1.82, 2.24) is 4.90 Å². The van der Waals surface area contributed by atoms with E-state index in [0.717, 1.165) is 37.9 Å². The van der Waals surface area contributed by atoms with Crippen molar-refractivity contribution >= 4 is 11.6 Å². The Morgan fingerprint density at radius 2 is 1.95 bits per heavy atom. The predicted molar refractivity (Wildman–Crippen MR) is 83.2 cm³/mol. The predicted octanol–water partition coefficient (Wildman–Crippen LogP) is 2.60. The molecule has 0 aromatic rings. The molecule has 3 heteroatoms. The van der Waals surface area contributed by atoms with Crippen molar-refractivity contribution in [1.29, 1.82) is 0 Å². The Kier molecular flexibility index (Phi) is 2.52. The summed E-state index contributed by atoms with van der Waals surface area (Å²) >= 11 is 0. The summed E-state index contributed by atoms with van der Waals surface area (Å²) in [7, 11) is 0. The van der Waals surface area contributed by atoms with Crippen LogP contribution in [0.5, 0.6) is 0 Å². The van der Waals surface area contributed by atoms with Crippen molar-refractivity contribution in [3.8, 4) is 0 Å². The van der Waals surface area contributed by atoms with Crippen molar-refractivity contribution in [2.75, 3.05) is 13.1 Å². The molecule has 2 aliphatic heterocycles. The van der Waals surface area contributed by atoms with Gasteiger partial charge < -0.3 is 0 Å². The average Bonchev–Trinajstić information content (AvgIpc) is 2.92. The summed E-state index contributed by atoms with van der Waals surface area (Å²) in [5.74, 6) is 1.87. The number of Topliss-reactive ketones (excluding diaryl/α,β-unsaturated/α-hetero) is 2. The van der Waals surface area contributed by atoms with Crippen LogP contribution in [0, 0.1) is 29.1 Å². The van der Waals surface area contributed by atoms with Gasteiger partial charge >= 0.3 is 0 Å². The van der Waals surface area contributed by atoms with E-state index in [0.29, 0.717) is 35.9 Å². The molecule has 0 N–H and O–H groups in total. The first-order valence-electron chi connectivity index (χ1n) is 9.04. The minimum absolute atomic E-state index is 0.0187. The molecule has 3 aliphatic carbocycles. The summed E-state index contributed by atoms with van der Waals surface area (Å²) in [5.41, 5.74) is 2.35. The largest absolute Gasteiger partial charge is 0.299 e. The highest BCUT2D eigenvalue weighted by Gasteiger charge is 2.65. The number of carbonyl (C=O) groups is 2. The summed E-state index contributed by atoms with van der Waals surface area (Å²) in [6.45, 7) is 6.82. The Hall–Kier alpha value is -0.960. The van der Waals surface area contributed by atoms with Gasteiger partial charge in [0.2, 0.25) is 0 Å². The smallest absolute Gasteiger partial charge is 0.159 e. The molecule has 0 unspecified atom stereocenters. The molecule has 0 radical (unpaired) electrons. The van der Waals surface area contributed by atoms with Gasteiger partial charge in [0.15, 0.2) is 5.78 Å². The molecular weight excluding hydrogens is 274 g/mol. The molecule has 5 aliphatic rings. The fraction of sp³-hybridized carbons (Fsp3) is 0.789. The molecule has 0 spiro atoms. The molecule has 118 valence electrons. The van der Waals surface area contributed by atoms with Crippen molar-refractivity contribution in [2.45, 2.75) is 52.0 Å². The maximum Gasteiger partial charge on any atom is 0.159 e. The number of fused-ring (bicyclic) bond motifs is 2. The van der Waals surface area contributed by atoms with E-state index in [-0.39, 0.29) is 17.3 Å². The first-order chi connectivity index (χ1) is 10.5. The van der Waals surface area contributed by atoms with Crippen molar-refractivity contribution in [3.63, 3.8) is 0 Å². The second kappa shape index (κ2) is 4.11. The van der Waals surface area contributed by atoms with E-state index in [9.17, 15) is 9.59 Å². The molecule has 2 heterocycles. The first-order valence-corrected chi connectivity index (χ1v) is 9.04. The summed E-state index contributed by atoms with van der Waals surface area (Å²) in [6, 6.07) is 0.529. The van der Waals surface area contributed by atoms with E-state index in [1.54, 1.807) is 0 Å². The minimum Gasteiger partial charge on any atom is -0.299 e. The highest BCUT2D eigenvalue weighted by Crippen LogP contribution is 2.62. The van der Waals surface area contributed by atoms with Crippen LogP contribution < -0.4 is 0 Å². The van der Waals surface area contributed by atoms with Gasteiger partial charge in [-0.2, -0.15) is 0 Å². The van der Waals surface area contributed by atoms with E-state index in [2.05, 4.69) is 18.7 Å². The van der Waals surface area contributed by atoms with Gasteiger partial charge in [-0.05, 0) is 37.5 Å². The van der Waals surface area contributed by atoms with E-state index in [1.807, 2.05) is 0 Å². The molecule has 5 rings (SSSR count). The van der Waals surface area contributed by atoms with Crippen LogP contribution in [0.3, 0.4) is 0 Å². The molecule has 3 fully saturated rings. The summed E-state index contributed by atoms with van der Waals surface area (Å²) in [4.78, 5) is 28.7. The number of allylic oxidation sites excluding steroid dienone is 2. The third-order valence-electron chi connectivity index (χ3n) is 7.87. The Morgan fingerprint density at radius 3 is 2.77 bits per heavy atom. The van der Waals surface area contributed by atoms with Gasteiger partial charge in [-0.25, -0.2) is 0 Å². The van der Waals surface area contributed by atoms with Crippen LogP contribution in [-0.2, 0) is 9.59 Å². The Morgan fingerprint density at radius 1 is 1.14 bits per heavy atom. The lowest BCUT2D eigenvalue weighted by Crippen LogP contribution is -2.60. The number of piperidine rings is 1. The van der Waals surface area contributed by atoms with E-state index in [4.69, 9.17) is 0 Å². The summed E-state index contributed by atoms with van der Waals surface area (Å²) in [5, 5.41) is 0. The Labute approximate surface area is 132 Å². The maximum absolute atomic E-state index is 13.4. The first kappa shape index (κ1) is 13.5. The fourth-order valence-corrected chi connectivity index (χ4v) is 6.75. The molecule has 0 aromatic carbocycles. The number of hydrogen-bond donors (Lipinski definition) is 0. The number of nitrogens with zero attached hydrogens (tertiary/aromatic N) is 1. The van der Waals surface area contributed by atoms with Crippen LogP contribution in [0.4, 0.5) is 0 Å². The monoisotopic (exact) mass is 299 g/mol. The molecule has 22 heavy (non-hydrogen) atoms. The van der Waals surface area contributed by atoms with Crippen molar-refractivity contribution in [2.24, 2.45) is 29.1 Å². The highest BCUT2D eigenvalue weighted by atomic mass is 16.1. The molecule has 3 nitrogen and oxygen atoms in total. The van der Waals surface area contributed by atoms with E-state index < -0.39 is 0 Å². The Bertz CT molecular complexity index is 621. The van der Waals surface area contributed by atoms with Crippen LogP contribution in [0.25, 0.3) is 0 Å². The van der Waals surface area contributed by atoms with Gasteiger partial charge in [-0.15, -0.1) is 0 Å². The van der Waals surface area contributed by atoms with Gasteiger partial charge in [0, 0.05) is 42.5 Å². The molecule has 0 aromatic heterocycles. The highest BCUT2D eigenvalue weighted by molar-refractivity contribution is 6.06. The van der Waals surface area contributed by atoms with Crippen LogP contribution >= 0.6 is 0 Å². The van der Waals surface area contributed by atoms with Gasteiger partial charge in [0.05, 0.1) is 5.92 Å². The SMILES string of the molecule is C[C@@H]1CN2C[C@H]3CCC4=C(C(=O)CC4)[C@H]4C(=O)[C@@H]1C[C@@H]2[C@@]34C. The van der Waals surface area contributed by atoms with Crippen molar-refractivity contribution < 1.29 is 9.59 Å². The quantitative estimate of drug-likeness (QED) is 0.690. The van der Waals surface area contributed by atoms with Crippen LogP contribution in [0.1, 0.15) is 46.0 Å². The van der Waals surface area contributed by atoms with Crippen molar-refractivity contribution in [3.05, 3.63) is 11.1 Å². The maximum atomic E-state index is 13.4. The lowest BCUT2D eigenvalue weighted by atomic mass is 9.53. The zero-order chi connectivity index (χ0) is 15.2. The van der Waals surface area contributed by atoms with Crippen LogP contribution in [0.15, 0.2) is 11.1 Å². The number of hydrogen-bond acceptors (Lipinski definition) is 3. The fourth-order valence-electron chi connectivity index (χ4n) is 6.75. The normalized spacial score (nSPS) is 50.4. The molecule has 2 bridgehead atoms. The van der Waals surface area contributed by atoms with Gasteiger partial charge in [-0.1, -0.05) is 19.4 Å². The third-order valence-corrected chi connectivity index (χ3v) is 7.87. The standard InChI is InChI=1S/C19H25NO2/c1-10-8-20-9-12-5-3-11-4-6-14(21)16(11)17-18(22)13(10)7-15(20)19(12,17)2/h10,12-13,15,17H,3-9H2,1-2H3/t10-,12-,13-,15-,17+,19-/m1/s1. The average molecular weight is 299 g/mol. The van der Waals surface area contributed by atoms with Gasteiger partial charge in [-0.3, -0.25) is 14.5 Å². The van der Waals surface area contributed by atoms with Crippen LogP contribution in [0.2, 0.25) is 0 Å². The topological polar surface area (TPSA) is 37.4 Å². The summed E-state index contributed by atoms with van der Waals surface area (Å²) in [6.07, 6.45) is 4.86. The van der Waals surface area contributed by atoms with Crippen LogP contribution in [-0.4, -0.2) is 35.6 Å². The zero-order valence-electron chi connectivity index (χ0n) is 13.6. The van der Waals surface area contributed by atoms with Gasteiger partial charge in [0.1, 0.15) is 5.78 Å². The molecule has 2 saturated heterocycles. The molecule has 6 atom stereocenters. The summed E-state index contributed by atoms with van der Waals surface area (Å²) < 4.78 is 0. The van der Waals surface area contributed by atoms with Gasteiger partial charge in [0.25, 0.3) is 0 Å². The lowest BCUT2D eigenvalue weighted by Gasteiger charge is -2.53. The van der Waals surface area contributed by atoms with E-state index >= 15 is 0 Å². The van der Waals surface area contributed by atoms with E-state index in [1.165, 1.54) is 12.0 Å². The second-order valence-electron chi connectivity index (χ2n) is 8.67. The number of ketones is 2. The molecule has 0 amide bonds. The molecular formula is C19H25NO2. The number of rotatable bonds is 0. The lowest BCUT2D eigenvalue weighted by molar-refractivity contribution is -0.144. The molecule has 1 saturated carbocycles. The number of carbonyl (C=O) groups excluding carboxylic acids is 2.